The fourth-order valence-electron chi connectivity index (χ4n) is 8.15. The third kappa shape index (κ3) is 8.45. The monoisotopic (exact) mass is 834 g/mol. The summed E-state index contributed by atoms with van der Waals surface area (Å²) in [7, 11) is 0. The van der Waals surface area contributed by atoms with Crippen LogP contribution in [0.15, 0.2) is 108 Å². The van der Waals surface area contributed by atoms with Crippen molar-refractivity contribution in [2.45, 2.75) is 79.2 Å². The van der Waals surface area contributed by atoms with Crippen LogP contribution in [0.5, 0.6) is 5.75 Å². The molecule has 7 rings (SSSR count). The summed E-state index contributed by atoms with van der Waals surface area (Å²) in [5, 5.41) is 9.37. The van der Waals surface area contributed by atoms with Crippen molar-refractivity contribution in [2.75, 3.05) is 6.61 Å². The van der Waals surface area contributed by atoms with Crippen LogP contribution >= 0.6 is 11.3 Å². The number of alkyl halides is 4. The molecule has 0 aliphatic carbocycles. The Labute approximate surface area is 350 Å². The lowest BCUT2D eigenvalue weighted by Gasteiger charge is -2.19. The van der Waals surface area contributed by atoms with E-state index in [4.69, 9.17) is 9.57 Å². The lowest BCUT2D eigenvalue weighted by atomic mass is 9.89. The van der Waals surface area contributed by atoms with Gasteiger partial charge in [0.2, 0.25) is 0 Å². The van der Waals surface area contributed by atoms with Gasteiger partial charge in [-0.15, -0.1) is 11.3 Å². The van der Waals surface area contributed by atoms with E-state index in [1.165, 1.54) is 18.2 Å². The molecule has 0 spiro atoms. The van der Waals surface area contributed by atoms with E-state index in [9.17, 15) is 27.2 Å². The first-order chi connectivity index (χ1) is 28.8. The van der Waals surface area contributed by atoms with Gasteiger partial charge in [0.1, 0.15) is 16.3 Å². The molecule has 5 aromatic carbocycles. The van der Waals surface area contributed by atoms with Gasteiger partial charge in [-0.3, -0.25) is 4.79 Å². The first kappa shape index (κ1) is 42.3. The third-order valence-corrected chi connectivity index (χ3v) is 11.9. The topological polar surface area (TPSA) is 69.9 Å². The van der Waals surface area contributed by atoms with Gasteiger partial charge in [-0.2, -0.15) is 8.78 Å². The van der Waals surface area contributed by atoms with E-state index in [1.807, 2.05) is 75.4 Å². The van der Waals surface area contributed by atoms with Gasteiger partial charge in [0.15, 0.2) is 12.4 Å². The van der Waals surface area contributed by atoms with Crippen LogP contribution in [0.1, 0.15) is 92.9 Å². The maximum absolute atomic E-state index is 14.8. The van der Waals surface area contributed by atoms with Gasteiger partial charge in [0, 0.05) is 50.5 Å². The molecule has 0 aliphatic heterocycles. The molecule has 0 N–H and O–H groups in total. The molecule has 0 saturated heterocycles. The number of ether oxygens (including phenoxy) is 1. The number of aromatic nitrogens is 1. The van der Waals surface area contributed by atoms with Crippen LogP contribution in [-0.2, 0) is 11.4 Å². The van der Waals surface area contributed by atoms with Crippen LogP contribution in [0, 0.1) is 26.7 Å². The number of benzene rings is 5. The summed E-state index contributed by atoms with van der Waals surface area (Å²) in [5.41, 5.74) is 6.53. The highest BCUT2D eigenvalue weighted by Gasteiger charge is 2.42. The number of hydrogen-bond acceptors (Lipinski definition) is 6. The lowest BCUT2D eigenvalue weighted by Crippen LogP contribution is -2.34. The average molecular weight is 835 g/mol. The van der Waals surface area contributed by atoms with Crippen LogP contribution in [0.25, 0.3) is 32.6 Å². The second-order valence-electron chi connectivity index (χ2n) is 15.4. The molecule has 2 heterocycles. The van der Waals surface area contributed by atoms with Gasteiger partial charge in [0.25, 0.3) is 0 Å². The summed E-state index contributed by atoms with van der Waals surface area (Å²) in [6, 6.07) is 28.9. The van der Waals surface area contributed by atoms with Crippen LogP contribution in [0.3, 0.4) is 0 Å². The number of unbranched alkanes of at least 4 members (excludes halogenated alkanes) is 1. The standard InChI is InChI=1S/C49H46F4N2O4S/c1-6-8-14-32(7-2)27-55-40-21-20-33(44(54-59-47(57)42-19-13-22-60-42)36-17-11-12-18-41(36)58-28-49(52,53)48(50)51)25-37(40)38-26-39(34-15-9-10-16-35(34)45(38)55)46(56)43-30(4)23-29(3)24-31(43)5/h9-13,15-26,32,48H,6-8,14,27-28H2,1-5H3. The zero-order chi connectivity index (χ0) is 42.7. The summed E-state index contributed by atoms with van der Waals surface area (Å²) in [4.78, 5) is 33.7. The van der Waals surface area contributed by atoms with E-state index in [0.717, 1.165) is 92.8 Å². The summed E-state index contributed by atoms with van der Waals surface area (Å²) in [6.07, 6.45) is 0.228. The Hall–Kier alpha value is -5.81. The van der Waals surface area contributed by atoms with E-state index in [-0.39, 0.29) is 27.7 Å². The van der Waals surface area contributed by atoms with Crippen LogP contribution in [0.2, 0.25) is 0 Å². The quantitative estimate of drug-likeness (QED) is 0.0320. The van der Waals surface area contributed by atoms with Crippen molar-refractivity contribution >= 4 is 61.4 Å². The molecular formula is C49H46F4N2O4S. The number of carbonyl (C=O) groups excluding carboxylic acids is 2. The average Bonchev–Trinajstić information content (AvgIpc) is 3.88. The molecule has 0 saturated carbocycles. The van der Waals surface area contributed by atoms with E-state index in [1.54, 1.807) is 29.6 Å². The number of thiophene rings is 1. The van der Waals surface area contributed by atoms with Gasteiger partial charge < -0.3 is 14.1 Å². The Kier molecular flexibility index (Phi) is 12.6. The van der Waals surface area contributed by atoms with Crippen LogP contribution in [0.4, 0.5) is 17.6 Å². The molecule has 60 heavy (non-hydrogen) atoms. The molecule has 0 aliphatic rings. The molecule has 0 amide bonds. The second-order valence-corrected chi connectivity index (χ2v) is 16.3. The third-order valence-electron chi connectivity index (χ3n) is 11.1. The molecule has 7 aromatic rings. The number of rotatable bonds is 16. The molecule has 310 valence electrons. The number of ketones is 1. The number of carbonyl (C=O) groups is 2. The largest absolute Gasteiger partial charge is 0.486 e. The van der Waals surface area contributed by atoms with Gasteiger partial charge in [0.05, 0.1) is 5.52 Å². The van der Waals surface area contributed by atoms with E-state index >= 15 is 0 Å². The summed E-state index contributed by atoms with van der Waals surface area (Å²) >= 11 is 1.16. The number of hydrogen-bond donors (Lipinski definition) is 0. The van der Waals surface area contributed by atoms with Gasteiger partial charge >= 0.3 is 18.3 Å². The Morgan fingerprint density at radius 3 is 2.22 bits per heavy atom. The molecule has 0 radical (unpaired) electrons. The number of aryl methyl sites for hydroxylation is 3. The zero-order valence-corrected chi connectivity index (χ0v) is 35.0. The predicted octanol–water partition coefficient (Wildman–Crippen LogP) is 13.3. The highest BCUT2D eigenvalue weighted by atomic mass is 32.1. The highest BCUT2D eigenvalue weighted by Crippen LogP contribution is 2.40. The lowest BCUT2D eigenvalue weighted by molar-refractivity contribution is -0.148. The molecular weight excluding hydrogens is 789 g/mol. The van der Waals surface area contributed by atoms with Crippen molar-refractivity contribution in [1.82, 2.24) is 4.57 Å². The Morgan fingerprint density at radius 2 is 1.53 bits per heavy atom. The van der Waals surface area contributed by atoms with Gasteiger partial charge in [-0.05, 0) is 91.4 Å². The molecule has 1 atom stereocenters. The van der Waals surface area contributed by atoms with E-state index < -0.39 is 24.9 Å². The summed E-state index contributed by atoms with van der Waals surface area (Å²) < 4.78 is 62.5. The Balaban J connectivity index is 1.48. The number of halogens is 4. The molecule has 0 bridgehead atoms. The maximum Gasteiger partial charge on any atom is 0.375 e. The molecule has 11 heteroatoms. The first-order valence-corrected chi connectivity index (χ1v) is 21.0. The number of nitrogens with zero attached hydrogens (tertiary/aromatic N) is 2. The molecule has 2 aromatic heterocycles. The Morgan fingerprint density at radius 1 is 0.817 bits per heavy atom. The summed E-state index contributed by atoms with van der Waals surface area (Å²) in [5.74, 6) is -5.04. The Bertz CT molecular complexity index is 2710. The fourth-order valence-corrected chi connectivity index (χ4v) is 8.74. The minimum atomic E-state index is -4.42. The van der Waals surface area contributed by atoms with Crippen molar-refractivity contribution in [2.24, 2.45) is 11.1 Å². The first-order valence-electron chi connectivity index (χ1n) is 20.1. The smallest absolute Gasteiger partial charge is 0.375 e. The van der Waals surface area contributed by atoms with Crippen molar-refractivity contribution < 1.29 is 36.7 Å². The second kappa shape index (κ2) is 17.8. The fraction of sp³-hybridized carbons (Fsp3) is 0.286. The number of para-hydroxylation sites is 1. The molecule has 1 unspecified atom stereocenters. The van der Waals surface area contributed by atoms with Gasteiger partial charge in [-0.25, -0.2) is 13.6 Å². The van der Waals surface area contributed by atoms with Crippen molar-refractivity contribution in [3.8, 4) is 5.75 Å². The minimum Gasteiger partial charge on any atom is -0.486 e. The van der Waals surface area contributed by atoms with Crippen molar-refractivity contribution in [3.05, 3.63) is 146 Å². The normalized spacial score (nSPS) is 12.8. The van der Waals surface area contributed by atoms with Crippen molar-refractivity contribution in [3.63, 3.8) is 0 Å². The zero-order valence-electron chi connectivity index (χ0n) is 34.2. The van der Waals surface area contributed by atoms with E-state index in [0.29, 0.717) is 22.6 Å². The van der Waals surface area contributed by atoms with E-state index in [2.05, 4.69) is 23.6 Å². The molecule has 6 nitrogen and oxygen atoms in total. The van der Waals surface area contributed by atoms with Crippen molar-refractivity contribution in [1.29, 1.82) is 0 Å². The van der Waals surface area contributed by atoms with Crippen LogP contribution < -0.4 is 4.74 Å². The van der Waals surface area contributed by atoms with Gasteiger partial charge in [-0.1, -0.05) is 104 Å². The predicted molar refractivity (Wildman–Crippen MR) is 233 cm³/mol. The maximum atomic E-state index is 14.8. The highest BCUT2D eigenvalue weighted by molar-refractivity contribution is 7.11. The summed E-state index contributed by atoms with van der Waals surface area (Å²) in [6.45, 7) is 9.43. The minimum absolute atomic E-state index is 0.0519. The van der Waals surface area contributed by atoms with Crippen LogP contribution in [-0.4, -0.2) is 41.0 Å². The molecule has 0 fully saturated rings. The number of fused-ring (bicyclic) bond motifs is 5. The number of oxime groups is 1. The SMILES string of the molecule is CCCCC(CC)Cn1c2ccc(C(=NOC(=O)c3cccs3)c3ccccc3OCC(F)(F)C(F)F)cc2c2cc(C(=O)c3c(C)cc(C)cc3C)c3ccccc3c21.